The molecule has 0 aliphatic carbocycles. The molecule has 0 aliphatic rings. The molecule has 0 aromatic heterocycles. The second-order valence-corrected chi connectivity index (χ2v) is 4.98. The molecular weight excluding hydrogens is 227 g/mol. The number of aliphatic carboxylic acids is 1. The van der Waals surface area contributed by atoms with E-state index in [9.17, 15) is 9.36 Å². The highest BCUT2D eigenvalue weighted by molar-refractivity contribution is 7.52. The van der Waals surface area contributed by atoms with E-state index in [1.54, 1.807) is 0 Å². The third-order valence-corrected chi connectivity index (χ3v) is 3.41. The highest BCUT2D eigenvalue weighted by atomic mass is 31.2. The molecule has 0 heterocycles. The van der Waals surface area contributed by atoms with E-state index in [2.05, 4.69) is 0 Å². The zero-order valence-electron chi connectivity index (χ0n) is 7.91. The lowest BCUT2D eigenvalue weighted by Gasteiger charge is -2.17. The standard InChI is InChI=1S/C6H15N2O6P/c7-3-4(15(12,13)14)1-2-5(8-11)6(9)10/h4-5,8,11H,1-3,7H2,(H,9,10)(H2,12,13,14)/t4?,5-/m0/s1. The van der Waals surface area contributed by atoms with Crippen molar-refractivity contribution in [3.63, 3.8) is 0 Å². The van der Waals surface area contributed by atoms with Crippen LogP contribution in [0.1, 0.15) is 12.8 Å². The molecule has 0 radical (unpaired) electrons. The minimum atomic E-state index is -4.30. The van der Waals surface area contributed by atoms with E-state index >= 15 is 0 Å². The van der Waals surface area contributed by atoms with Gasteiger partial charge in [-0.15, -0.1) is 0 Å². The van der Waals surface area contributed by atoms with Crippen LogP contribution >= 0.6 is 7.60 Å². The van der Waals surface area contributed by atoms with Crippen LogP contribution in [0.2, 0.25) is 0 Å². The number of nitrogens with two attached hydrogens (primary N) is 1. The number of hydroxylamine groups is 1. The largest absolute Gasteiger partial charge is 0.480 e. The summed E-state index contributed by atoms with van der Waals surface area (Å²) in [4.78, 5) is 28.0. The van der Waals surface area contributed by atoms with Gasteiger partial charge in [0.1, 0.15) is 6.04 Å². The number of carboxylic acids is 1. The molecule has 0 spiro atoms. The first-order chi connectivity index (χ1) is 6.82. The molecule has 0 fully saturated rings. The number of hydrogen-bond donors (Lipinski definition) is 6. The van der Waals surface area contributed by atoms with E-state index in [1.165, 1.54) is 5.48 Å². The van der Waals surface area contributed by atoms with E-state index in [-0.39, 0.29) is 19.4 Å². The van der Waals surface area contributed by atoms with Gasteiger partial charge in [0.05, 0.1) is 5.66 Å². The predicted molar refractivity (Wildman–Crippen MR) is 50.5 cm³/mol. The van der Waals surface area contributed by atoms with Crippen molar-refractivity contribution in [3.05, 3.63) is 0 Å². The minimum absolute atomic E-state index is 0.0781. The maximum atomic E-state index is 10.8. The Morgan fingerprint density at radius 2 is 1.93 bits per heavy atom. The summed E-state index contributed by atoms with van der Waals surface area (Å²) in [6.45, 7) is -0.234. The maximum Gasteiger partial charge on any atom is 0.329 e. The average molecular weight is 242 g/mol. The molecule has 0 saturated heterocycles. The van der Waals surface area contributed by atoms with Gasteiger partial charge in [-0.2, -0.15) is 5.48 Å². The summed E-state index contributed by atoms with van der Waals surface area (Å²) in [7, 11) is -4.30. The van der Waals surface area contributed by atoms with Gasteiger partial charge in [0, 0.05) is 6.54 Å². The van der Waals surface area contributed by atoms with E-state index in [0.717, 1.165) is 0 Å². The molecule has 0 amide bonds. The predicted octanol–water partition coefficient (Wildman–Crippen LogP) is -1.30. The molecular formula is C6H15N2O6P. The third kappa shape index (κ3) is 5.22. The number of rotatable bonds is 7. The van der Waals surface area contributed by atoms with Crippen molar-refractivity contribution in [3.8, 4) is 0 Å². The Labute approximate surface area is 86.2 Å². The lowest BCUT2D eigenvalue weighted by molar-refractivity contribution is -0.142. The quantitative estimate of drug-likeness (QED) is 0.238. The molecule has 0 aromatic rings. The third-order valence-electron chi connectivity index (χ3n) is 1.99. The molecule has 0 bridgehead atoms. The van der Waals surface area contributed by atoms with E-state index in [0.29, 0.717) is 0 Å². The molecule has 15 heavy (non-hydrogen) atoms. The first-order valence-corrected chi connectivity index (χ1v) is 5.88. The lowest BCUT2D eigenvalue weighted by atomic mass is 10.1. The zero-order valence-corrected chi connectivity index (χ0v) is 8.80. The van der Waals surface area contributed by atoms with E-state index in [4.69, 9.17) is 25.8 Å². The van der Waals surface area contributed by atoms with Gasteiger partial charge in [-0.3, -0.25) is 9.36 Å². The van der Waals surface area contributed by atoms with Gasteiger partial charge in [0.15, 0.2) is 0 Å². The van der Waals surface area contributed by atoms with Crippen LogP contribution in [0.4, 0.5) is 0 Å². The molecule has 0 saturated carbocycles. The number of carbonyl (C=O) groups is 1. The Morgan fingerprint density at radius 3 is 2.20 bits per heavy atom. The van der Waals surface area contributed by atoms with Crippen LogP contribution in [0.25, 0.3) is 0 Å². The lowest BCUT2D eigenvalue weighted by Crippen LogP contribution is -2.35. The van der Waals surface area contributed by atoms with Crippen molar-refractivity contribution < 1.29 is 29.5 Å². The molecule has 0 aromatic carbocycles. The zero-order chi connectivity index (χ0) is 12.1. The molecule has 0 aliphatic heterocycles. The summed E-state index contributed by atoms with van der Waals surface area (Å²) in [6.07, 6.45) is -0.190. The Balaban J connectivity index is 4.22. The van der Waals surface area contributed by atoms with E-state index < -0.39 is 25.3 Å². The van der Waals surface area contributed by atoms with Crippen LogP contribution in [0.3, 0.4) is 0 Å². The van der Waals surface area contributed by atoms with Gasteiger partial charge in [-0.25, -0.2) is 0 Å². The summed E-state index contributed by atoms with van der Waals surface area (Å²) >= 11 is 0. The molecule has 90 valence electrons. The SMILES string of the molecule is NCC(CC[C@H](NO)C(=O)O)P(=O)(O)O. The van der Waals surface area contributed by atoms with Crippen LogP contribution in [0, 0.1) is 0 Å². The van der Waals surface area contributed by atoms with Crippen molar-refractivity contribution in [1.29, 1.82) is 0 Å². The van der Waals surface area contributed by atoms with Crippen molar-refractivity contribution in [2.24, 2.45) is 5.73 Å². The fraction of sp³-hybridized carbons (Fsp3) is 0.833. The van der Waals surface area contributed by atoms with Gasteiger partial charge in [-0.05, 0) is 12.8 Å². The molecule has 2 atom stereocenters. The molecule has 9 heteroatoms. The molecule has 0 rings (SSSR count). The second-order valence-electron chi connectivity index (χ2n) is 3.08. The van der Waals surface area contributed by atoms with Crippen LogP contribution in [-0.2, 0) is 9.36 Å². The molecule has 1 unspecified atom stereocenters. The van der Waals surface area contributed by atoms with Crippen molar-refractivity contribution in [1.82, 2.24) is 5.48 Å². The van der Waals surface area contributed by atoms with Gasteiger partial charge >= 0.3 is 13.6 Å². The first-order valence-electron chi connectivity index (χ1n) is 4.20. The Morgan fingerprint density at radius 1 is 1.40 bits per heavy atom. The summed E-state index contributed by atoms with van der Waals surface area (Å²) in [5.41, 5.74) is 5.60. The number of carboxylic acid groups (broad SMARTS) is 1. The molecule has 7 N–H and O–H groups in total. The number of nitrogens with one attached hydrogen (secondary N) is 1. The average Bonchev–Trinajstić information content (AvgIpc) is 2.09. The van der Waals surface area contributed by atoms with E-state index in [1.807, 2.05) is 0 Å². The second kappa shape index (κ2) is 6.16. The minimum Gasteiger partial charge on any atom is -0.480 e. The smallest absolute Gasteiger partial charge is 0.329 e. The van der Waals surface area contributed by atoms with Crippen molar-refractivity contribution in [2.45, 2.75) is 24.5 Å². The van der Waals surface area contributed by atoms with Gasteiger partial charge in [0.25, 0.3) is 0 Å². The van der Waals surface area contributed by atoms with Gasteiger partial charge in [-0.1, -0.05) is 0 Å². The highest BCUT2D eigenvalue weighted by Gasteiger charge is 2.29. The van der Waals surface area contributed by atoms with Crippen LogP contribution in [-0.4, -0.2) is 44.3 Å². The van der Waals surface area contributed by atoms with Crippen molar-refractivity contribution >= 4 is 13.6 Å². The summed E-state index contributed by atoms with van der Waals surface area (Å²) in [6, 6.07) is -1.24. The van der Waals surface area contributed by atoms with Gasteiger partial charge < -0.3 is 25.8 Å². The summed E-state index contributed by atoms with van der Waals surface area (Å²) in [5.74, 6) is -1.29. The fourth-order valence-electron chi connectivity index (χ4n) is 1.03. The van der Waals surface area contributed by atoms with Crippen LogP contribution in [0.15, 0.2) is 0 Å². The normalized spacial score (nSPS) is 16.0. The first kappa shape index (κ1) is 14.5. The van der Waals surface area contributed by atoms with Crippen molar-refractivity contribution in [2.75, 3.05) is 6.54 Å². The summed E-state index contributed by atoms with van der Waals surface area (Å²) < 4.78 is 10.8. The summed E-state index contributed by atoms with van der Waals surface area (Å²) in [5, 5.41) is 16.9. The van der Waals surface area contributed by atoms with Crippen LogP contribution < -0.4 is 11.2 Å². The number of hydrogen-bond acceptors (Lipinski definition) is 5. The fourth-order valence-corrected chi connectivity index (χ4v) is 1.79. The monoisotopic (exact) mass is 242 g/mol. The van der Waals surface area contributed by atoms with Gasteiger partial charge in [0.2, 0.25) is 0 Å². The van der Waals surface area contributed by atoms with Crippen LogP contribution in [0.5, 0.6) is 0 Å². The Bertz CT molecular complexity index is 254. The Hall–Kier alpha value is -0.500. The maximum absolute atomic E-state index is 10.8. The highest BCUT2D eigenvalue weighted by Crippen LogP contribution is 2.42. The topological polar surface area (TPSA) is 153 Å². The Kier molecular flexibility index (Phi) is 5.96. The molecule has 8 nitrogen and oxygen atoms in total.